The van der Waals surface area contributed by atoms with Crippen LogP contribution in [0.1, 0.15) is 0 Å². The molecule has 32 heavy (non-hydrogen) atoms. The van der Waals surface area contributed by atoms with Crippen molar-refractivity contribution in [1.29, 1.82) is 0 Å². The maximum Gasteiger partial charge on any atom is 0.222 e. The van der Waals surface area contributed by atoms with Crippen LogP contribution >= 0.6 is 0 Å². The zero-order valence-electron chi connectivity index (χ0n) is 17.5. The monoisotopic (exact) mass is 429 g/mol. The minimum Gasteiger partial charge on any atom is -0.497 e. The number of para-hydroxylation sites is 1. The smallest absolute Gasteiger partial charge is 0.222 e. The third kappa shape index (κ3) is 3.06. The van der Waals surface area contributed by atoms with E-state index in [1.165, 1.54) is 12.1 Å². The number of ether oxygens (including phenoxy) is 2. The van der Waals surface area contributed by atoms with Crippen LogP contribution < -0.4 is 9.47 Å². The van der Waals surface area contributed by atoms with Gasteiger partial charge in [-0.05, 0) is 54.6 Å². The summed E-state index contributed by atoms with van der Waals surface area (Å²) in [5.41, 5.74) is 3.79. The summed E-state index contributed by atoms with van der Waals surface area (Å²) in [6.45, 7) is 0. The normalized spacial score (nSPS) is 11.1. The van der Waals surface area contributed by atoms with Gasteiger partial charge in [0.1, 0.15) is 28.5 Å². The summed E-state index contributed by atoms with van der Waals surface area (Å²) in [6.07, 6.45) is 0. The number of aromatic hydroxyl groups is 1. The summed E-state index contributed by atoms with van der Waals surface area (Å²) in [5, 5.41) is 19.3. The van der Waals surface area contributed by atoms with Crippen LogP contribution in [0.3, 0.4) is 0 Å². The van der Waals surface area contributed by atoms with Gasteiger partial charge >= 0.3 is 0 Å². The van der Waals surface area contributed by atoms with Gasteiger partial charge < -0.3 is 14.6 Å². The molecule has 5 rings (SSSR count). The van der Waals surface area contributed by atoms with Crippen LogP contribution in [0.25, 0.3) is 39.1 Å². The number of rotatable bonds is 5. The van der Waals surface area contributed by atoms with E-state index in [1.807, 2.05) is 48.5 Å². The predicted octanol–water partition coefficient (Wildman–Crippen LogP) is 5.55. The fourth-order valence-corrected chi connectivity index (χ4v) is 3.98. The highest BCUT2D eigenvalue weighted by atomic mass is 19.1. The quantitative estimate of drug-likeness (QED) is 0.384. The van der Waals surface area contributed by atoms with E-state index < -0.39 is 5.82 Å². The fraction of sp³-hybridized carbons (Fsp3) is 0.0800. The van der Waals surface area contributed by atoms with Crippen molar-refractivity contribution in [2.75, 3.05) is 14.2 Å². The molecule has 0 aliphatic carbocycles. The maximum absolute atomic E-state index is 14.1. The predicted molar refractivity (Wildman–Crippen MR) is 121 cm³/mol. The van der Waals surface area contributed by atoms with Crippen molar-refractivity contribution in [3.05, 3.63) is 78.6 Å². The number of fused-ring (bicyclic) bond motifs is 1. The fourth-order valence-electron chi connectivity index (χ4n) is 3.98. The van der Waals surface area contributed by atoms with Crippen LogP contribution in [0.2, 0.25) is 0 Å². The van der Waals surface area contributed by atoms with Crippen LogP contribution in [0.5, 0.6) is 17.4 Å². The lowest BCUT2D eigenvalue weighted by atomic mass is 10.0. The van der Waals surface area contributed by atoms with Gasteiger partial charge in [0.05, 0.1) is 31.0 Å². The van der Waals surface area contributed by atoms with Gasteiger partial charge in [0.25, 0.3) is 0 Å². The molecule has 0 saturated heterocycles. The second-order valence-corrected chi connectivity index (χ2v) is 7.24. The number of nitrogens with zero attached hydrogens (tertiary/aromatic N) is 2. The van der Waals surface area contributed by atoms with Gasteiger partial charge in [-0.3, -0.25) is 9.67 Å². The average Bonchev–Trinajstić information content (AvgIpc) is 3.38. The zero-order chi connectivity index (χ0) is 22.2. The molecule has 3 aromatic carbocycles. The molecule has 2 heterocycles. The summed E-state index contributed by atoms with van der Waals surface area (Å²) < 4.78 is 26.6. The number of H-pyrrole nitrogens is 1. The number of hydrogen-bond donors (Lipinski definition) is 2. The third-order valence-electron chi connectivity index (χ3n) is 5.45. The second-order valence-electron chi connectivity index (χ2n) is 7.24. The molecular formula is C25H20FN3O3. The summed E-state index contributed by atoms with van der Waals surface area (Å²) in [6, 6.07) is 21.1. The number of aromatic amines is 1. The first-order chi connectivity index (χ1) is 15.6. The van der Waals surface area contributed by atoms with Crippen LogP contribution in [-0.2, 0) is 0 Å². The Labute approximate surface area is 183 Å². The van der Waals surface area contributed by atoms with Crippen molar-refractivity contribution in [3.63, 3.8) is 0 Å². The Kier molecular flexibility index (Phi) is 4.78. The Morgan fingerprint density at radius 1 is 0.938 bits per heavy atom. The molecule has 0 aliphatic heterocycles. The van der Waals surface area contributed by atoms with Gasteiger partial charge in [0, 0.05) is 11.1 Å². The highest BCUT2D eigenvalue weighted by molar-refractivity contribution is 6.07. The summed E-state index contributed by atoms with van der Waals surface area (Å²) >= 11 is 0. The van der Waals surface area contributed by atoms with E-state index in [1.54, 1.807) is 30.9 Å². The Hall–Kier alpha value is -4.26. The van der Waals surface area contributed by atoms with Crippen LogP contribution in [0.4, 0.5) is 4.39 Å². The summed E-state index contributed by atoms with van der Waals surface area (Å²) in [5.74, 6) is 0.870. The number of hydrogen-bond acceptors (Lipinski definition) is 4. The molecular weight excluding hydrogens is 409 g/mol. The van der Waals surface area contributed by atoms with Gasteiger partial charge in [-0.15, -0.1) is 0 Å². The van der Waals surface area contributed by atoms with Gasteiger partial charge in [-0.25, -0.2) is 4.39 Å². The Bertz CT molecular complexity index is 1420. The van der Waals surface area contributed by atoms with Crippen molar-refractivity contribution >= 4 is 10.9 Å². The molecule has 0 spiro atoms. The first-order valence-electron chi connectivity index (χ1n) is 9.98. The zero-order valence-corrected chi connectivity index (χ0v) is 17.5. The number of aromatic nitrogens is 3. The SMILES string of the molecule is COc1ccc(-c2n[nH]c3c(O)n(-c4cccc(F)c4)c(-c4ccccc4OC)c23)cc1. The van der Waals surface area contributed by atoms with Crippen molar-refractivity contribution in [1.82, 2.24) is 14.8 Å². The molecule has 160 valence electrons. The van der Waals surface area contributed by atoms with E-state index in [0.29, 0.717) is 33.7 Å². The van der Waals surface area contributed by atoms with E-state index in [-0.39, 0.29) is 5.88 Å². The average molecular weight is 429 g/mol. The molecule has 7 heteroatoms. The molecule has 0 radical (unpaired) electrons. The second kappa shape index (κ2) is 7.77. The Morgan fingerprint density at radius 3 is 2.44 bits per heavy atom. The minimum absolute atomic E-state index is 0.0706. The van der Waals surface area contributed by atoms with E-state index in [2.05, 4.69) is 10.2 Å². The first-order valence-corrected chi connectivity index (χ1v) is 9.98. The lowest BCUT2D eigenvalue weighted by Gasteiger charge is -2.14. The van der Waals surface area contributed by atoms with E-state index >= 15 is 0 Å². The molecule has 6 nitrogen and oxygen atoms in total. The molecule has 0 unspecified atom stereocenters. The lowest BCUT2D eigenvalue weighted by molar-refractivity contribution is 0.415. The van der Waals surface area contributed by atoms with Crippen molar-refractivity contribution in [3.8, 4) is 45.6 Å². The number of halogens is 1. The summed E-state index contributed by atoms with van der Waals surface area (Å²) in [7, 11) is 3.20. The molecule has 0 amide bonds. The van der Waals surface area contributed by atoms with Crippen molar-refractivity contribution in [2.45, 2.75) is 0 Å². The molecule has 5 aromatic rings. The molecule has 0 saturated carbocycles. The lowest BCUT2D eigenvalue weighted by Crippen LogP contribution is -1.99. The topological polar surface area (TPSA) is 72.3 Å². The van der Waals surface area contributed by atoms with Gasteiger partial charge in [-0.1, -0.05) is 18.2 Å². The molecule has 0 atom stereocenters. The van der Waals surface area contributed by atoms with E-state index in [9.17, 15) is 9.50 Å². The Morgan fingerprint density at radius 2 is 1.72 bits per heavy atom. The van der Waals surface area contributed by atoms with Gasteiger partial charge in [0.2, 0.25) is 5.88 Å². The minimum atomic E-state index is -0.404. The number of nitrogens with one attached hydrogen (secondary N) is 1. The molecule has 2 aromatic heterocycles. The highest BCUT2D eigenvalue weighted by Gasteiger charge is 2.26. The largest absolute Gasteiger partial charge is 0.497 e. The molecule has 0 bridgehead atoms. The van der Waals surface area contributed by atoms with Crippen molar-refractivity contribution in [2.24, 2.45) is 0 Å². The van der Waals surface area contributed by atoms with Crippen LogP contribution in [-0.4, -0.2) is 34.1 Å². The van der Waals surface area contributed by atoms with Gasteiger partial charge in [-0.2, -0.15) is 5.10 Å². The third-order valence-corrected chi connectivity index (χ3v) is 5.45. The molecule has 0 fully saturated rings. The number of methoxy groups -OCH3 is 2. The summed E-state index contributed by atoms with van der Waals surface area (Å²) in [4.78, 5) is 0. The Balaban J connectivity index is 1.88. The van der Waals surface area contributed by atoms with Gasteiger partial charge in [0.15, 0.2) is 0 Å². The molecule has 0 aliphatic rings. The molecule has 2 N–H and O–H groups in total. The standard InChI is InChI=1S/C25H20FN3O3/c1-31-18-12-10-15(11-13-18)22-21-23(28-27-22)25(30)29(17-7-5-6-16(26)14-17)24(21)19-8-3-4-9-20(19)32-2/h3-14,28,30H,1-2H3. The van der Waals surface area contributed by atoms with E-state index in [0.717, 1.165) is 16.9 Å². The van der Waals surface area contributed by atoms with Crippen LogP contribution in [0.15, 0.2) is 72.8 Å². The first kappa shape index (κ1) is 19.7. The maximum atomic E-state index is 14.1. The van der Waals surface area contributed by atoms with E-state index in [4.69, 9.17) is 9.47 Å². The number of benzene rings is 3. The van der Waals surface area contributed by atoms with Crippen LogP contribution in [0, 0.1) is 5.82 Å². The van der Waals surface area contributed by atoms with Crippen molar-refractivity contribution < 1.29 is 19.0 Å². The highest BCUT2D eigenvalue weighted by Crippen LogP contribution is 2.46.